The van der Waals surface area contributed by atoms with Crippen molar-refractivity contribution < 1.29 is 24.1 Å². The molecule has 1 unspecified atom stereocenters. The third kappa shape index (κ3) is 7.73. The smallest absolute Gasteiger partial charge is 0.335 e. The topological polar surface area (TPSA) is 78.8 Å². The number of halogens is 1. The number of benzene rings is 3. The number of carboxylic acid groups (broad SMARTS) is 1. The van der Waals surface area contributed by atoms with Gasteiger partial charge in [0.05, 0.1) is 24.4 Å². The van der Waals surface area contributed by atoms with Gasteiger partial charge >= 0.3 is 5.97 Å². The van der Waals surface area contributed by atoms with Gasteiger partial charge in [0, 0.05) is 12.1 Å². The summed E-state index contributed by atoms with van der Waals surface area (Å²) >= 11 is 0. The molecule has 0 aliphatic carbocycles. The lowest BCUT2D eigenvalue weighted by molar-refractivity contribution is -0.00397. The van der Waals surface area contributed by atoms with Crippen LogP contribution in [0.5, 0.6) is 0 Å². The largest absolute Gasteiger partial charge is 0.478 e. The summed E-state index contributed by atoms with van der Waals surface area (Å²) in [4.78, 5) is 11.7. The number of hydrogen-bond donors (Lipinski definition) is 3. The predicted molar refractivity (Wildman–Crippen MR) is 150 cm³/mol. The van der Waals surface area contributed by atoms with Crippen molar-refractivity contribution in [2.75, 3.05) is 13.2 Å². The Kier molecular flexibility index (Phi) is 9.82. The molecule has 0 fully saturated rings. The summed E-state index contributed by atoms with van der Waals surface area (Å²) in [7, 11) is 0. The first kappa shape index (κ1) is 29.5. The lowest BCUT2D eigenvalue weighted by atomic mass is 9.90. The fourth-order valence-electron chi connectivity index (χ4n) is 4.63. The predicted octanol–water partition coefficient (Wildman–Crippen LogP) is 6.67. The average Bonchev–Trinajstić information content (AvgIpc) is 2.87. The molecule has 0 radical (unpaired) electrons. The Morgan fingerprint density at radius 2 is 1.74 bits per heavy atom. The Morgan fingerprint density at radius 1 is 1.03 bits per heavy atom. The molecule has 3 aromatic carbocycles. The highest BCUT2D eigenvalue weighted by Gasteiger charge is 2.21. The molecule has 3 rings (SSSR count). The summed E-state index contributed by atoms with van der Waals surface area (Å²) in [6.45, 7) is 12.2. The van der Waals surface area contributed by atoms with E-state index in [0.29, 0.717) is 24.1 Å². The molecular formula is C32H40FNO4. The zero-order chi connectivity index (χ0) is 28.0. The number of aliphatic hydroxyl groups excluding tert-OH is 1. The monoisotopic (exact) mass is 521 g/mol. The Balaban J connectivity index is 1.63. The highest BCUT2D eigenvalue weighted by Crippen LogP contribution is 2.33. The minimum absolute atomic E-state index is 0.0683. The molecule has 6 heteroatoms. The van der Waals surface area contributed by atoms with E-state index < -0.39 is 12.1 Å². The third-order valence-corrected chi connectivity index (χ3v) is 6.85. The van der Waals surface area contributed by atoms with E-state index in [-0.39, 0.29) is 30.0 Å². The van der Waals surface area contributed by atoms with Crippen molar-refractivity contribution in [2.24, 2.45) is 0 Å². The molecule has 0 saturated carbocycles. The van der Waals surface area contributed by atoms with Crippen LogP contribution in [0.1, 0.15) is 79.3 Å². The van der Waals surface area contributed by atoms with Crippen LogP contribution in [0, 0.1) is 12.7 Å². The van der Waals surface area contributed by atoms with Crippen molar-refractivity contribution in [3.8, 4) is 11.1 Å². The summed E-state index contributed by atoms with van der Waals surface area (Å²) in [6.07, 6.45) is -0.382. The molecular weight excluding hydrogens is 481 g/mol. The van der Waals surface area contributed by atoms with Crippen molar-refractivity contribution in [3.05, 3.63) is 94.3 Å². The van der Waals surface area contributed by atoms with Crippen LogP contribution in [0.2, 0.25) is 0 Å². The Labute approximate surface area is 225 Å². The molecule has 5 nitrogen and oxygen atoms in total. The normalized spacial score (nSPS) is 13.5. The first-order chi connectivity index (χ1) is 17.9. The minimum atomic E-state index is -0.929. The molecule has 3 aromatic rings. The van der Waals surface area contributed by atoms with Gasteiger partial charge in [-0.15, -0.1) is 0 Å². The molecule has 0 amide bonds. The van der Waals surface area contributed by atoms with E-state index in [1.54, 1.807) is 25.1 Å². The van der Waals surface area contributed by atoms with Crippen LogP contribution < -0.4 is 5.32 Å². The molecule has 0 spiro atoms. The number of hydrogen-bond acceptors (Lipinski definition) is 4. The van der Waals surface area contributed by atoms with Crippen LogP contribution in [0.15, 0.2) is 60.7 Å². The fraction of sp³-hybridized carbons (Fsp3) is 0.406. The van der Waals surface area contributed by atoms with E-state index in [0.717, 1.165) is 27.8 Å². The van der Waals surface area contributed by atoms with Crippen molar-refractivity contribution >= 4 is 5.97 Å². The molecule has 0 aliphatic heterocycles. The number of aliphatic hydroxyl groups is 1. The second kappa shape index (κ2) is 12.7. The Hall–Kier alpha value is -3.06. The molecule has 0 aliphatic rings. The SMILES string of the molecule is Cc1ccc(CC(C)(C)NC[C@@H](O)COC(C)c2ccccc2-c2ccc(C(=O)O)c(C(C)C)c2)cc1F. The molecule has 0 bridgehead atoms. The van der Waals surface area contributed by atoms with Gasteiger partial charge in [0.25, 0.3) is 0 Å². The lowest BCUT2D eigenvalue weighted by Crippen LogP contribution is -2.46. The van der Waals surface area contributed by atoms with Crippen molar-refractivity contribution in [2.45, 2.75) is 71.6 Å². The number of nitrogens with one attached hydrogen (secondary N) is 1. The summed E-state index contributed by atoms with van der Waals surface area (Å²) in [5.74, 6) is -1.07. The van der Waals surface area contributed by atoms with Crippen LogP contribution in [-0.4, -0.2) is 41.0 Å². The summed E-state index contributed by atoms with van der Waals surface area (Å²) < 4.78 is 20.0. The molecule has 204 valence electrons. The Morgan fingerprint density at radius 3 is 2.39 bits per heavy atom. The fourth-order valence-corrected chi connectivity index (χ4v) is 4.63. The van der Waals surface area contributed by atoms with Crippen LogP contribution in [0.3, 0.4) is 0 Å². The average molecular weight is 522 g/mol. The first-order valence-electron chi connectivity index (χ1n) is 13.1. The molecule has 3 N–H and O–H groups in total. The second-order valence-corrected chi connectivity index (χ2v) is 11.0. The van der Waals surface area contributed by atoms with Crippen LogP contribution in [-0.2, 0) is 11.2 Å². The van der Waals surface area contributed by atoms with Gasteiger partial charge in [-0.2, -0.15) is 0 Å². The highest BCUT2D eigenvalue weighted by atomic mass is 19.1. The maximum absolute atomic E-state index is 13.9. The second-order valence-electron chi connectivity index (χ2n) is 11.0. The van der Waals surface area contributed by atoms with Crippen molar-refractivity contribution in [3.63, 3.8) is 0 Å². The van der Waals surface area contributed by atoms with E-state index in [1.165, 1.54) is 0 Å². The number of ether oxygens (including phenoxy) is 1. The van der Waals surface area contributed by atoms with Gasteiger partial charge in [0.15, 0.2) is 0 Å². The van der Waals surface area contributed by atoms with Gasteiger partial charge in [0.1, 0.15) is 5.82 Å². The van der Waals surface area contributed by atoms with Crippen molar-refractivity contribution in [1.82, 2.24) is 5.32 Å². The van der Waals surface area contributed by atoms with E-state index in [9.17, 15) is 19.4 Å². The lowest BCUT2D eigenvalue weighted by Gasteiger charge is -2.28. The zero-order valence-corrected chi connectivity index (χ0v) is 23.2. The molecule has 2 atom stereocenters. The molecule has 0 heterocycles. The third-order valence-electron chi connectivity index (χ3n) is 6.85. The summed E-state index contributed by atoms with van der Waals surface area (Å²) in [5, 5.41) is 23.6. The summed E-state index contributed by atoms with van der Waals surface area (Å²) in [6, 6.07) is 18.6. The van der Waals surface area contributed by atoms with E-state index >= 15 is 0 Å². The Bertz CT molecular complexity index is 1250. The number of rotatable bonds is 12. The van der Waals surface area contributed by atoms with Gasteiger partial charge in [-0.05, 0) is 85.5 Å². The van der Waals surface area contributed by atoms with Gasteiger partial charge in [-0.25, -0.2) is 9.18 Å². The molecule has 0 aromatic heterocycles. The van der Waals surface area contributed by atoms with Gasteiger partial charge < -0.3 is 20.3 Å². The van der Waals surface area contributed by atoms with E-state index in [2.05, 4.69) is 5.32 Å². The quantitative estimate of drug-likeness (QED) is 0.248. The highest BCUT2D eigenvalue weighted by molar-refractivity contribution is 5.90. The number of aromatic carboxylic acids is 1. The minimum Gasteiger partial charge on any atom is -0.478 e. The van der Waals surface area contributed by atoms with E-state index in [4.69, 9.17) is 4.74 Å². The zero-order valence-electron chi connectivity index (χ0n) is 23.2. The first-order valence-corrected chi connectivity index (χ1v) is 13.1. The molecule has 38 heavy (non-hydrogen) atoms. The van der Waals surface area contributed by atoms with Gasteiger partial charge in [-0.1, -0.05) is 62.4 Å². The summed E-state index contributed by atoms with van der Waals surface area (Å²) in [5.41, 5.74) is 5.16. The number of β-amino-alcohol motifs (C(OH)–C–C–N with tert-alkyl or cyclic N) is 1. The van der Waals surface area contributed by atoms with E-state index in [1.807, 2.05) is 77.1 Å². The standard InChI is InChI=1S/C32H40FNO4/c1-20(2)29-16-24(13-14-28(29)31(36)37)27-10-8-7-9-26(27)22(4)38-19-25(35)18-34-32(5,6)17-23-12-11-21(3)30(33)15-23/h7-16,20,22,25,34-35H,17-19H2,1-6H3,(H,36,37)/t22?,25-/m1/s1. The number of aryl methyl sites for hydroxylation is 1. The van der Waals surface area contributed by atoms with Crippen LogP contribution in [0.25, 0.3) is 11.1 Å². The maximum Gasteiger partial charge on any atom is 0.335 e. The van der Waals surface area contributed by atoms with Gasteiger partial charge in [-0.3, -0.25) is 0 Å². The van der Waals surface area contributed by atoms with Crippen molar-refractivity contribution in [1.29, 1.82) is 0 Å². The number of carboxylic acids is 1. The maximum atomic E-state index is 13.9. The number of carbonyl (C=O) groups is 1. The van der Waals surface area contributed by atoms with Crippen LogP contribution in [0.4, 0.5) is 4.39 Å². The van der Waals surface area contributed by atoms with Crippen LogP contribution >= 0.6 is 0 Å². The van der Waals surface area contributed by atoms with Gasteiger partial charge in [0.2, 0.25) is 0 Å². The molecule has 0 saturated heterocycles.